The smallest absolute Gasteiger partial charge is 0.191 e. The van der Waals surface area contributed by atoms with E-state index in [2.05, 4.69) is 15.8 Å². The summed E-state index contributed by atoms with van der Waals surface area (Å²) in [5.41, 5.74) is 3.86. The fourth-order valence-corrected chi connectivity index (χ4v) is 1.84. The summed E-state index contributed by atoms with van der Waals surface area (Å²) in [5, 5.41) is 16.5. The second-order valence-electron chi connectivity index (χ2n) is 4.27. The van der Waals surface area contributed by atoms with Crippen LogP contribution in [0.25, 0.3) is 0 Å². The molecule has 0 saturated carbocycles. The Bertz CT molecular complexity index is 707. The summed E-state index contributed by atoms with van der Waals surface area (Å²) in [6, 6.07) is 10.7. The van der Waals surface area contributed by atoms with E-state index in [-0.39, 0.29) is 16.7 Å². The molecule has 0 aliphatic rings. The van der Waals surface area contributed by atoms with Gasteiger partial charge in [-0.1, -0.05) is 6.07 Å². The van der Waals surface area contributed by atoms with E-state index in [9.17, 15) is 9.50 Å². The van der Waals surface area contributed by atoms with Gasteiger partial charge in [-0.15, -0.1) is 0 Å². The number of rotatable bonds is 4. The van der Waals surface area contributed by atoms with Crippen LogP contribution in [0.5, 0.6) is 11.5 Å². The minimum atomic E-state index is -0.354. The Hall–Kier alpha value is -2.67. The molecule has 22 heavy (non-hydrogen) atoms. The Kier molecular flexibility index (Phi) is 5.26. The molecule has 0 aliphatic carbocycles. The first-order valence-electron chi connectivity index (χ1n) is 6.31. The number of ether oxygens (including phenoxy) is 1. The van der Waals surface area contributed by atoms with Gasteiger partial charge in [-0.25, -0.2) is 4.39 Å². The van der Waals surface area contributed by atoms with Gasteiger partial charge in [0.2, 0.25) is 0 Å². The Balaban J connectivity index is 1.93. The van der Waals surface area contributed by atoms with Gasteiger partial charge in [0.25, 0.3) is 0 Å². The lowest BCUT2D eigenvalue weighted by atomic mass is 10.2. The predicted molar refractivity (Wildman–Crippen MR) is 88.0 cm³/mol. The van der Waals surface area contributed by atoms with Gasteiger partial charge in [0, 0.05) is 5.69 Å². The van der Waals surface area contributed by atoms with Crippen molar-refractivity contribution in [1.82, 2.24) is 5.43 Å². The van der Waals surface area contributed by atoms with Crippen molar-refractivity contribution in [3.63, 3.8) is 0 Å². The van der Waals surface area contributed by atoms with Crippen LogP contribution in [0.4, 0.5) is 10.1 Å². The first kappa shape index (κ1) is 15.7. The summed E-state index contributed by atoms with van der Waals surface area (Å²) in [6.07, 6.45) is 1.52. The standard InChI is InChI=1S/C15H14FN3O2S/c1-21-14-7-10(5-6-13(14)20)9-17-19-15(22)18-12-4-2-3-11(16)8-12/h2-9,20H,1H3,(H2,18,19,22)/b17-9+. The van der Waals surface area contributed by atoms with E-state index in [0.717, 1.165) is 5.56 Å². The van der Waals surface area contributed by atoms with E-state index in [4.69, 9.17) is 17.0 Å². The highest BCUT2D eigenvalue weighted by atomic mass is 32.1. The van der Waals surface area contributed by atoms with E-state index in [0.29, 0.717) is 11.4 Å². The van der Waals surface area contributed by atoms with Crippen molar-refractivity contribution >= 4 is 29.2 Å². The number of thiocarbonyl (C=S) groups is 1. The number of hydrogen-bond donors (Lipinski definition) is 3. The highest BCUT2D eigenvalue weighted by Gasteiger charge is 2.01. The van der Waals surface area contributed by atoms with Crippen LogP contribution in [-0.4, -0.2) is 23.5 Å². The van der Waals surface area contributed by atoms with Crippen molar-refractivity contribution in [1.29, 1.82) is 0 Å². The summed E-state index contributed by atoms with van der Waals surface area (Å²) in [5.74, 6) is 0.0489. The third-order valence-corrected chi connectivity index (χ3v) is 2.86. The molecule has 0 spiro atoms. The minimum Gasteiger partial charge on any atom is -0.504 e. The van der Waals surface area contributed by atoms with E-state index < -0.39 is 0 Å². The zero-order chi connectivity index (χ0) is 15.9. The van der Waals surface area contributed by atoms with Gasteiger partial charge in [-0.3, -0.25) is 5.43 Å². The first-order chi connectivity index (χ1) is 10.6. The van der Waals surface area contributed by atoms with Crippen LogP contribution >= 0.6 is 12.2 Å². The minimum absolute atomic E-state index is 0.0518. The normalized spacial score (nSPS) is 10.5. The molecule has 0 bridgehead atoms. The Labute approximate surface area is 132 Å². The molecule has 5 nitrogen and oxygen atoms in total. The summed E-state index contributed by atoms with van der Waals surface area (Å²) < 4.78 is 18.0. The number of methoxy groups -OCH3 is 1. The van der Waals surface area contributed by atoms with Crippen LogP contribution in [0, 0.1) is 5.82 Å². The van der Waals surface area contributed by atoms with Crippen molar-refractivity contribution in [2.24, 2.45) is 5.10 Å². The lowest BCUT2D eigenvalue weighted by Gasteiger charge is -2.07. The van der Waals surface area contributed by atoms with Gasteiger partial charge in [-0.05, 0) is 54.2 Å². The molecule has 0 fully saturated rings. The van der Waals surface area contributed by atoms with Crippen LogP contribution in [0.1, 0.15) is 5.56 Å². The summed E-state index contributed by atoms with van der Waals surface area (Å²) in [7, 11) is 1.46. The number of halogens is 1. The number of aromatic hydroxyl groups is 1. The molecule has 0 saturated heterocycles. The Morgan fingerprint density at radius 2 is 2.14 bits per heavy atom. The molecule has 2 aromatic rings. The highest BCUT2D eigenvalue weighted by Crippen LogP contribution is 2.25. The second-order valence-corrected chi connectivity index (χ2v) is 4.67. The monoisotopic (exact) mass is 319 g/mol. The molecule has 0 aromatic heterocycles. The van der Waals surface area contributed by atoms with Crippen molar-refractivity contribution in [3.05, 3.63) is 53.8 Å². The predicted octanol–water partition coefficient (Wildman–Crippen LogP) is 2.86. The van der Waals surface area contributed by atoms with Crippen molar-refractivity contribution in [3.8, 4) is 11.5 Å². The first-order valence-corrected chi connectivity index (χ1v) is 6.72. The molecule has 7 heteroatoms. The van der Waals surface area contributed by atoms with Crippen LogP contribution in [0.3, 0.4) is 0 Å². The molecule has 2 rings (SSSR count). The van der Waals surface area contributed by atoms with E-state index in [1.54, 1.807) is 24.3 Å². The lowest BCUT2D eigenvalue weighted by molar-refractivity contribution is 0.373. The third kappa shape index (κ3) is 4.42. The van der Waals surface area contributed by atoms with E-state index in [1.807, 2.05) is 0 Å². The summed E-state index contributed by atoms with van der Waals surface area (Å²) in [6.45, 7) is 0. The van der Waals surface area contributed by atoms with Crippen LogP contribution in [-0.2, 0) is 0 Å². The van der Waals surface area contributed by atoms with Gasteiger partial charge in [0.05, 0.1) is 13.3 Å². The molecule has 0 aliphatic heterocycles. The van der Waals surface area contributed by atoms with Gasteiger partial charge < -0.3 is 15.2 Å². The molecular weight excluding hydrogens is 305 g/mol. The van der Waals surface area contributed by atoms with Gasteiger partial charge in [-0.2, -0.15) is 5.10 Å². The topological polar surface area (TPSA) is 65.9 Å². The molecule has 0 atom stereocenters. The zero-order valence-electron chi connectivity index (χ0n) is 11.7. The number of anilines is 1. The molecule has 114 valence electrons. The van der Waals surface area contributed by atoms with Crippen LogP contribution < -0.4 is 15.5 Å². The average molecular weight is 319 g/mol. The molecule has 0 radical (unpaired) electrons. The fraction of sp³-hybridized carbons (Fsp3) is 0.0667. The van der Waals surface area contributed by atoms with Crippen molar-refractivity contribution in [2.75, 3.05) is 12.4 Å². The Morgan fingerprint density at radius 1 is 1.32 bits per heavy atom. The third-order valence-electron chi connectivity index (χ3n) is 2.67. The van der Waals surface area contributed by atoms with Crippen molar-refractivity contribution < 1.29 is 14.2 Å². The zero-order valence-corrected chi connectivity index (χ0v) is 12.5. The number of benzene rings is 2. The number of phenolic OH excluding ortho intramolecular Hbond substituents is 1. The fourth-order valence-electron chi connectivity index (χ4n) is 1.67. The van der Waals surface area contributed by atoms with Crippen LogP contribution in [0.15, 0.2) is 47.6 Å². The number of phenols is 1. The maximum Gasteiger partial charge on any atom is 0.191 e. The van der Waals surface area contributed by atoms with E-state index >= 15 is 0 Å². The molecule has 0 unspecified atom stereocenters. The number of hydrogen-bond acceptors (Lipinski definition) is 4. The van der Waals surface area contributed by atoms with Gasteiger partial charge >= 0.3 is 0 Å². The van der Waals surface area contributed by atoms with Crippen LogP contribution in [0.2, 0.25) is 0 Å². The lowest BCUT2D eigenvalue weighted by Crippen LogP contribution is -2.23. The maximum atomic E-state index is 13.0. The quantitative estimate of drug-likeness (QED) is 0.459. The SMILES string of the molecule is COc1cc(/C=N/NC(=S)Nc2cccc(F)c2)ccc1O. The second kappa shape index (κ2) is 7.37. The molecule has 0 heterocycles. The average Bonchev–Trinajstić information content (AvgIpc) is 2.49. The molecule has 2 aromatic carbocycles. The molecule has 0 amide bonds. The number of nitrogens with zero attached hydrogens (tertiary/aromatic N) is 1. The van der Waals surface area contributed by atoms with E-state index in [1.165, 1.54) is 31.5 Å². The van der Waals surface area contributed by atoms with Crippen molar-refractivity contribution in [2.45, 2.75) is 0 Å². The van der Waals surface area contributed by atoms with Gasteiger partial charge in [0.1, 0.15) is 5.82 Å². The largest absolute Gasteiger partial charge is 0.504 e. The molecule has 3 N–H and O–H groups in total. The summed E-state index contributed by atoms with van der Waals surface area (Å²) >= 11 is 5.04. The van der Waals surface area contributed by atoms with Gasteiger partial charge in [0.15, 0.2) is 16.6 Å². The molecular formula is C15H14FN3O2S. The number of nitrogens with one attached hydrogen (secondary N) is 2. The summed E-state index contributed by atoms with van der Waals surface area (Å²) in [4.78, 5) is 0. The highest BCUT2D eigenvalue weighted by molar-refractivity contribution is 7.80. The maximum absolute atomic E-state index is 13.0. The number of hydrazone groups is 1. The Morgan fingerprint density at radius 3 is 2.86 bits per heavy atom.